The molecule has 2 N–H and O–H groups in total. The predicted octanol–water partition coefficient (Wildman–Crippen LogP) is 2.07. The first-order valence-electron chi connectivity index (χ1n) is 6.78. The summed E-state index contributed by atoms with van der Waals surface area (Å²) in [6.07, 6.45) is 2.87. The zero-order valence-electron chi connectivity index (χ0n) is 11.5. The average Bonchev–Trinajstić information content (AvgIpc) is 2.47. The maximum atomic E-state index is 12.1. The van der Waals surface area contributed by atoms with E-state index in [2.05, 4.69) is 5.32 Å². The number of carbonyl (C=O) groups excluding carboxylic acids is 1. The number of hydrogen-bond acceptors (Lipinski definition) is 3. The predicted molar refractivity (Wildman–Crippen MR) is 73.8 cm³/mol. The van der Waals surface area contributed by atoms with Gasteiger partial charge in [0.25, 0.3) is 5.91 Å². The number of carboxylic acid groups (broad SMARTS) is 1. The van der Waals surface area contributed by atoms with Crippen molar-refractivity contribution in [2.75, 3.05) is 7.11 Å². The summed E-state index contributed by atoms with van der Waals surface area (Å²) >= 11 is 0. The van der Waals surface area contributed by atoms with Crippen LogP contribution in [0.4, 0.5) is 0 Å². The van der Waals surface area contributed by atoms with Crippen LogP contribution in [0.25, 0.3) is 0 Å². The third kappa shape index (κ3) is 3.50. The monoisotopic (exact) mass is 277 g/mol. The number of carboxylic acids is 1. The van der Waals surface area contributed by atoms with E-state index in [1.807, 2.05) is 0 Å². The van der Waals surface area contributed by atoms with Crippen molar-refractivity contribution in [3.05, 3.63) is 29.8 Å². The Balaban J connectivity index is 1.98. The Morgan fingerprint density at radius 2 is 2.15 bits per heavy atom. The molecule has 0 aliphatic heterocycles. The van der Waals surface area contributed by atoms with E-state index in [1.165, 1.54) is 0 Å². The molecule has 20 heavy (non-hydrogen) atoms. The molecule has 0 aromatic heterocycles. The molecule has 1 aromatic carbocycles. The van der Waals surface area contributed by atoms with Gasteiger partial charge >= 0.3 is 5.97 Å². The molecule has 5 nitrogen and oxygen atoms in total. The van der Waals surface area contributed by atoms with Gasteiger partial charge in [0.2, 0.25) is 0 Å². The quantitative estimate of drug-likeness (QED) is 0.883. The zero-order chi connectivity index (χ0) is 14.5. The summed E-state index contributed by atoms with van der Waals surface area (Å²) in [5.74, 6) is -0.672. The van der Waals surface area contributed by atoms with Crippen molar-refractivity contribution in [2.24, 2.45) is 5.92 Å². The largest absolute Gasteiger partial charge is 0.497 e. The summed E-state index contributed by atoms with van der Waals surface area (Å²) in [7, 11) is 1.55. The van der Waals surface area contributed by atoms with Crippen LogP contribution in [0.3, 0.4) is 0 Å². The molecule has 1 amide bonds. The third-order valence-electron chi connectivity index (χ3n) is 3.69. The Morgan fingerprint density at radius 3 is 2.85 bits per heavy atom. The molecule has 2 rings (SSSR count). The van der Waals surface area contributed by atoms with Gasteiger partial charge in [-0.15, -0.1) is 0 Å². The molecule has 0 bridgehead atoms. The van der Waals surface area contributed by atoms with Gasteiger partial charge in [-0.3, -0.25) is 9.59 Å². The summed E-state index contributed by atoms with van der Waals surface area (Å²) < 4.78 is 5.09. The maximum absolute atomic E-state index is 12.1. The van der Waals surface area contributed by atoms with Crippen molar-refractivity contribution < 1.29 is 19.4 Å². The minimum absolute atomic E-state index is 0.0662. The first-order chi connectivity index (χ1) is 9.60. The van der Waals surface area contributed by atoms with Gasteiger partial charge in [-0.05, 0) is 37.5 Å². The fourth-order valence-electron chi connectivity index (χ4n) is 2.58. The smallest absolute Gasteiger partial charge is 0.306 e. The number of rotatable bonds is 4. The number of methoxy groups -OCH3 is 1. The number of carbonyl (C=O) groups is 2. The van der Waals surface area contributed by atoms with Crippen molar-refractivity contribution in [1.82, 2.24) is 5.32 Å². The van der Waals surface area contributed by atoms with E-state index in [1.54, 1.807) is 31.4 Å². The molecule has 2 unspecified atom stereocenters. The van der Waals surface area contributed by atoms with Crippen LogP contribution >= 0.6 is 0 Å². The van der Waals surface area contributed by atoms with Crippen LogP contribution in [0.2, 0.25) is 0 Å². The summed E-state index contributed by atoms with van der Waals surface area (Å²) in [6, 6.07) is 6.86. The van der Waals surface area contributed by atoms with Crippen molar-refractivity contribution in [2.45, 2.75) is 31.7 Å². The van der Waals surface area contributed by atoms with E-state index in [0.717, 1.165) is 12.8 Å². The van der Waals surface area contributed by atoms with Gasteiger partial charge in [0.1, 0.15) is 5.75 Å². The minimum Gasteiger partial charge on any atom is -0.497 e. The molecular weight excluding hydrogens is 258 g/mol. The van der Waals surface area contributed by atoms with Crippen LogP contribution in [0.1, 0.15) is 36.0 Å². The van der Waals surface area contributed by atoms with E-state index < -0.39 is 5.97 Å². The standard InChI is InChI=1S/C15H19NO4/c1-20-13-7-3-4-10(9-13)14(17)16-12-6-2-5-11(8-12)15(18)19/h3-4,7,9,11-12H,2,5-6,8H2,1H3,(H,16,17)(H,18,19). The highest BCUT2D eigenvalue weighted by atomic mass is 16.5. The van der Waals surface area contributed by atoms with Gasteiger partial charge in [0.05, 0.1) is 13.0 Å². The Morgan fingerprint density at radius 1 is 1.35 bits per heavy atom. The lowest BCUT2D eigenvalue weighted by atomic mass is 9.85. The molecule has 0 radical (unpaired) electrons. The SMILES string of the molecule is COc1cccc(C(=O)NC2CCCC(C(=O)O)C2)c1. The highest BCUT2D eigenvalue weighted by Gasteiger charge is 2.27. The van der Waals surface area contributed by atoms with Crippen LogP contribution < -0.4 is 10.1 Å². The van der Waals surface area contributed by atoms with Crippen LogP contribution in [-0.2, 0) is 4.79 Å². The Hall–Kier alpha value is -2.04. The van der Waals surface area contributed by atoms with Gasteiger partial charge in [-0.1, -0.05) is 12.5 Å². The van der Waals surface area contributed by atoms with E-state index in [9.17, 15) is 9.59 Å². The highest BCUT2D eigenvalue weighted by molar-refractivity contribution is 5.94. The Labute approximate surface area is 117 Å². The summed E-state index contributed by atoms with van der Waals surface area (Å²) in [5, 5.41) is 12.0. The molecule has 1 saturated carbocycles. The second-order valence-corrected chi connectivity index (χ2v) is 5.10. The number of aliphatic carboxylic acids is 1. The number of ether oxygens (including phenoxy) is 1. The summed E-state index contributed by atoms with van der Waals surface area (Å²) in [6.45, 7) is 0. The van der Waals surface area contributed by atoms with Crippen molar-refractivity contribution in [1.29, 1.82) is 0 Å². The van der Waals surface area contributed by atoms with Crippen LogP contribution in [0, 0.1) is 5.92 Å². The minimum atomic E-state index is -0.773. The van der Waals surface area contributed by atoms with Crippen molar-refractivity contribution >= 4 is 11.9 Å². The summed E-state index contributed by atoms with van der Waals surface area (Å²) in [4.78, 5) is 23.2. The topological polar surface area (TPSA) is 75.6 Å². The Kier molecular flexibility index (Phi) is 4.61. The lowest BCUT2D eigenvalue weighted by Crippen LogP contribution is -2.39. The second-order valence-electron chi connectivity index (χ2n) is 5.10. The molecular formula is C15H19NO4. The molecule has 1 aliphatic carbocycles. The fourth-order valence-corrected chi connectivity index (χ4v) is 2.58. The van der Waals surface area contributed by atoms with Crippen LogP contribution in [-0.4, -0.2) is 30.1 Å². The molecule has 1 aromatic rings. The Bertz CT molecular complexity index is 500. The number of nitrogens with one attached hydrogen (secondary N) is 1. The lowest BCUT2D eigenvalue weighted by molar-refractivity contribution is -0.143. The third-order valence-corrected chi connectivity index (χ3v) is 3.69. The number of hydrogen-bond donors (Lipinski definition) is 2. The van der Waals surface area contributed by atoms with E-state index in [-0.39, 0.29) is 17.9 Å². The first kappa shape index (κ1) is 14.4. The van der Waals surface area contributed by atoms with Crippen LogP contribution in [0.15, 0.2) is 24.3 Å². The van der Waals surface area contributed by atoms with Gasteiger partial charge in [-0.2, -0.15) is 0 Å². The zero-order valence-corrected chi connectivity index (χ0v) is 11.5. The van der Waals surface area contributed by atoms with Crippen LogP contribution in [0.5, 0.6) is 5.75 Å². The first-order valence-corrected chi connectivity index (χ1v) is 6.78. The van der Waals surface area contributed by atoms with Crippen molar-refractivity contribution in [3.8, 4) is 5.75 Å². The molecule has 1 aliphatic rings. The van der Waals surface area contributed by atoms with E-state index in [0.29, 0.717) is 24.2 Å². The van der Waals surface area contributed by atoms with E-state index >= 15 is 0 Å². The van der Waals surface area contributed by atoms with Gasteiger partial charge in [0.15, 0.2) is 0 Å². The molecule has 1 fully saturated rings. The van der Waals surface area contributed by atoms with Gasteiger partial charge in [0, 0.05) is 11.6 Å². The van der Waals surface area contributed by atoms with Gasteiger partial charge in [-0.25, -0.2) is 0 Å². The molecule has 2 atom stereocenters. The molecule has 0 spiro atoms. The molecule has 108 valence electrons. The number of amides is 1. The molecule has 5 heteroatoms. The maximum Gasteiger partial charge on any atom is 0.306 e. The normalized spacial score (nSPS) is 22.1. The molecule has 0 saturated heterocycles. The average molecular weight is 277 g/mol. The highest BCUT2D eigenvalue weighted by Crippen LogP contribution is 2.24. The summed E-state index contributed by atoms with van der Waals surface area (Å²) in [5.41, 5.74) is 0.529. The van der Waals surface area contributed by atoms with Gasteiger partial charge < -0.3 is 15.2 Å². The lowest BCUT2D eigenvalue weighted by Gasteiger charge is -2.27. The van der Waals surface area contributed by atoms with E-state index in [4.69, 9.17) is 9.84 Å². The fraction of sp³-hybridized carbons (Fsp3) is 0.467. The van der Waals surface area contributed by atoms with Crippen molar-refractivity contribution in [3.63, 3.8) is 0 Å². The number of benzene rings is 1. The molecule has 0 heterocycles. The second kappa shape index (κ2) is 6.41.